The molecule has 0 bridgehead atoms. The summed E-state index contributed by atoms with van der Waals surface area (Å²) in [6, 6.07) is 0. The van der Waals surface area contributed by atoms with E-state index in [4.69, 9.17) is 0 Å². The first-order chi connectivity index (χ1) is 17.5. The van der Waals surface area contributed by atoms with Crippen molar-refractivity contribution in [2.75, 3.05) is 39.9 Å². The smallest absolute Gasteiger partial charge is 0.102 e. The molecule has 0 amide bonds. The average molecular weight is 599 g/mol. The van der Waals surface area contributed by atoms with E-state index in [0.29, 0.717) is 23.0 Å². The van der Waals surface area contributed by atoms with Crippen LogP contribution in [0.3, 0.4) is 0 Å². The summed E-state index contributed by atoms with van der Waals surface area (Å²) in [5.41, 5.74) is 3.82. The molecule has 3 N–H and O–H groups in total. The third-order valence-corrected chi connectivity index (χ3v) is 12.3. The van der Waals surface area contributed by atoms with Crippen molar-refractivity contribution >= 4 is 0 Å². The SMILES string of the molecule is CC(C)CCC[C@@H](C)[C@H]1CC[C@H]2[C@@H]3CC(C[N+](C)(CCO)CCO)=C4C[C@@H](O)CC[C@]4(C)[C@H]3CC[C@]12C.[Br-]. The Morgan fingerprint density at radius 2 is 1.58 bits per heavy atom. The minimum atomic E-state index is -0.208. The fourth-order valence-electron chi connectivity index (χ4n) is 10.3. The second kappa shape index (κ2) is 12.9. The van der Waals surface area contributed by atoms with Crippen LogP contribution in [0.15, 0.2) is 11.1 Å². The number of halogens is 1. The van der Waals surface area contributed by atoms with E-state index < -0.39 is 0 Å². The Hall–Kier alpha value is 0.0600. The van der Waals surface area contributed by atoms with Gasteiger partial charge in [0.2, 0.25) is 0 Å². The zero-order valence-corrected chi connectivity index (χ0v) is 27.1. The van der Waals surface area contributed by atoms with E-state index in [1.54, 1.807) is 11.1 Å². The lowest BCUT2D eigenvalue weighted by Crippen LogP contribution is -3.00. The molecule has 4 aliphatic carbocycles. The number of hydrogen-bond donors (Lipinski definition) is 3. The molecule has 0 saturated heterocycles. The molecular weight excluding hydrogens is 538 g/mol. The van der Waals surface area contributed by atoms with E-state index >= 15 is 0 Å². The van der Waals surface area contributed by atoms with E-state index in [2.05, 4.69) is 41.7 Å². The molecule has 0 heterocycles. The van der Waals surface area contributed by atoms with Crippen molar-refractivity contribution in [1.82, 2.24) is 0 Å². The predicted molar refractivity (Wildman–Crippen MR) is 153 cm³/mol. The largest absolute Gasteiger partial charge is 1.00 e. The number of likely N-dealkylation sites (N-methyl/N-ethyl adjacent to an activating group) is 1. The third kappa shape index (κ3) is 6.27. The maximum atomic E-state index is 10.8. The molecule has 0 unspecified atom stereocenters. The van der Waals surface area contributed by atoms with Gasteiger partial charge in [0.05, 0.1) is 26.4 Å². The first kappa shape index (κ1) is 32.6. The van der Waals surface area contributed by atoms with E-state index in [-0.39, 0.29) is 41.7 Å². The lowest BCUT2D eigenvalue weighted by molar-refractivity contribution is -0.905. The number of aliphatic hydroxyl groups excluding tert-OH is 3. The monoisotopic (exact) mass is 597 g/mol. The van der Waals surface area contributed by atoms with Gasteiger partial charge in [-0.2, -0.15) is 0 Å². The van der Waals surface area contributed by atoms with Crippen LogP contribution in [-0.4, -0.2) is 65.8 Å². The second-order valence-corrected chi connectivity index (χ2v) is 15.2. The molecule has 0 aliphatic heterocycles. The minimum Gasteiger partial charge on any atom is -1.00 e. The molecule has 38 heavy (non-hydrogen) atoms. The van der Waals surface area contributed by atoms with Gasteiger partial charge in [-0.25, -0.2) is 0 Å². The molecule has 0 spiro atoms. The quantitative estimate of drug-likeness (QED) is 0.253. The summed E-state index contributed by atoms with van der Waals surface area (Å²) < 4.78 is 0.701. The molecule has 4 nitrogen and oxygen atoms in total. The van der Waals surface area contributed by atoms with Crippen LogP contribution in [0, 0.1) is 46.3 Å². The number of hydrogen-bond acceptors (Lipinski definition) is 3. The topological polar surface area (TPSA) is 60.7 Å². The molecule has 5 heteroatoms. The summed E-state index contributed by atoms with van der Waals surface area (Å²) in [6.45, 7) is 15.1. The van der Waals surface area contributed by atoms with Crippen molar-refractivity contribution < 1.29 is 36.8 Å². The van der Waals surface area contributed by atoms with Gasteiger partial charge in [0, 0.05) is 0 Å². The first-order valence-electron chi connectivity index (χ1n) is 15.9. The lowest BCUT2D eigenvalue weighted by Gasteiger charge is -2.59. The molecule has 0 aromatic carbocycles. The summed E-state index contributed by atoms with van der Waals surface area (Å²) >= 11 is 0. The van der Waals surface area contributed by atoms with Gasteiger partial charge in [-0.1, -0.05) is 59.5 Å². The molecule has 0 aromatic rings. The third-order valence-electron chi connectivity index (χ3n) is 12.3. The van der Waals surface area contributed by atoms with Gasteiger partial charge in [0.15, 0.2) is 0 Å². The van der Waals surface area contributed by atoms with Crippen LogP contribution in [0.4, 0.5) is 0 Å². The molecule has 4 aliphatic rings. The van der Waals surface area contributed by atoms with Gasteiger partial charge in [0.25, 0.3) is 0 Å². The van der Waals surface area contributed by atoms with Crippen molar-refractivity contribution in [3.8, 4) is 0 Å². The average Bonchev–Trinajstić information content (AvgIpc) is 3.17. The standard InChI is InChI=1S/C33H60NO3.BrH/c1-23(2)8-7-9-24(3)28-10-11-29-27-20-25(22-34(6,16-18-35)17-19-36)31-21-26(37)12-14-33(31,5)30(27)13-15-32(28,29)4;/h23-24,26-30,35-37H,7-22H2,1-6H3;1H/q+1;/p-1/t24-,26+,27+,28-,29+,30+,32-,33-;/m1./s1. The Bertz CT molecular complexity index is 808. The van der Waals surface area contributed by atoms with Crippen LogP contribution >= 0.6 is 0 Å². The lowest BCUT2D eigenvalue weighted by atomic mass is 9.46. The fourth-order valence-corrected chi connectivity index (χ4v) is 10.3. The molecule has 3 saturated carbocycles. The van der Waals surface area contributed by atoms with Crippen LogP contribution in [0.5, 0.6) is 0 Å². The fraction of sp³-hybridized carbons (Fsp3) is 0.939. The van der Waals surface area contributed by atoms with Gasteiger partial charge in [-0.05, 0) is 103 Å². The van der Waals surface area contributed by atoms with Crippen LogP contribution < -0.4 is 17.0 Å². The highest BCUT2D eigenvalue weighted by molar-refractivity contribution is 5.32. The maximum absolute atomic E-state index is 10.8. The molecule has 222 valence electrons. The zero-order valence-electron chi connectivity index (χ0n) is 25.5. The molecule has 0 aromatic heterocycles. The van der Waals surface area contributed by atoms with E-state index in [1.165, 1.54) is 51.4 Å². The molecule has 3 fully saturated rings. The van der Waals surface area contributed by atoms with Gasteiger partial charge >= 0.3 is 0 Å². The van der Waals surface area contributed by atoms with Crippen LogP contribution in [-0.2, 0) is 0 Å². The van der Waals surface area contributed by atoms with Gasteiger partial charge in [-0.15, -0.1) is 0 Å². The van der Waals surface area contributed by atoms with Crippen molar-refractivity contribution in [3.05, 3.63) is 11.1 Å². The van der Waals surface area contributed by atoms with Crippen LogP contribution in [0.1, 0.15) is 105 Å². The van der Waals surface area contributed by atoms with Crippen molar-refractivity contribution in [3.63, 3.8) is 0 Å². The summed E-state index contributed by atoms with van der Waals surface area (Å²) in [5, 5.41) is 30.4. The Balaban J connectivity index is 0.00000400. The highest BCUT2D eigenvalue weighted by atomic mass is 79.9. The van der Waals surface area contributed by atoms with Gasteiger partial charge in [-0.3, -0.25) is 0 Å². The number of aliphatic hydroxyl groups is 3. The van der Waals surface area contributed by atoms with E-state index in [0.717, 1.165) is 61.3 Å². The van der Waals surface area contributed by atoms with Gasteiger partial charge < -0.3 is 36.8 Å². The summed E-state index contributed by atoms with van der Waals surface area (Å²) in [7, 11) is 2.21. The second-order valence-electron chi connectivity index (χ2n) is 15.2. The normalized spacial score (nSPS) is 37.9. The number of fused-ring (bicyclic) bond motifs is 5. The summed E-state index contributed by atoms with van der Waals surface area (Å²) in [5.74, 6) is 4.83. The first-order valence-corrected chi connectivity index (χ1v) is 15.9. The number of rotatable bonds is 11. The number of quaternary nitrogens is 1. The van der Waals surface area contributed by atoms with Gasteiger partial charge in [0.1, 0.15) is 19.6 Å². The zero-order chi connectivity index (χ0) is 27.0. The Labute approximate surface area is 245 Å². The Morgan fingerprint density at radius 3 is 2.21 bits per heavy atom. The van der Waals surface area contributed by atoms with E-state index in [9.17, 15) is 15.3 Å². The Morgan fingerprint density at radius 1 is 0.895 bits per heavy atom. The van der Waals surface area contributed by atoms with Crippen LogP contribution in [0.2, 0.25) is 0 Å². The Kier molecular flexibility index (Phi) is 11.1. The molecule has 4 rings (SSSR count). The van der Waals surface area contributed by atoms with Crippen molar-refractivity contribution in [2.45, 2.75) is 111 Å². The molecule has 8 atom stereocenters. The maximum Gasteiger partial charge on any atom is 0.102 e. The highest BCUT2D eigenvalue weighted by Gasteiger charge is 2.60. The summed E-state index contributed by atoms with van der Waals surface area (Å²) in [6.07, 6.45) is 13.6. The summed E-state index contributed by atoms with van der Waals surface area (Å²) in [4.78, 5) is 0. The van der Waals surface area contributed by atoms with E-state index in [1.807, 2.05) is 0 Å². The van der Waals surface area contributed by atoms with Crippen LogP contribution in [0.25, 0.3) is 0 Å². The molecular formula is C33H60BrNO3. The number of nitrogens with zero attached hydrogens (tertiary/aromatic N) is 1. The molecule has 0 radical (unpaired) electrons. The minimum absolute atomic E-state index is 0. The van der Waals surface area contributed by atoms with Crippen molar-refractivity contribution in [2.24, 2.45) is 46.3 Å². The predicted octanol–water partition coefficient (Wildman–Crippen LogP) is 3.19. The highest BCUT2D eigenvalue weighted by Crippen LogP contribution is 2.68. The van der Waals surface area contributed by atoms with Crippen molar-refractivity contribution in [1.29, 1.82) is 0 Å².